The molecule has 3 aliphatic heterocycles. The van der Waals surface area contributed by atoms with Gasteiger partial charge in [0.15, 0.2) is 11.5 Å². The molecule has 2 amide bonds. The van der Waals surface area contributed by atoms with Gasteiger partial charge in [0.1, 0.15) is 11.7 Å². The van der Waals surface area contributed by atoms with Crippen molar-refractivity contribution in [1.82, 2.24) is 5.32 Å². The lowest BCUT2D eigenvalue weighted by Gasteiger charge is -2.53. The van der Waals surface area contributed by atoms with Gasteiger partial charge in [-0.2, -0.15) is 0 Å². The van der Waals surface area contributed by atoms with Crippen LogP contribution in [-0.4, -0.2) is 37.7 Å². The number of hydrogen-bond donors (Lipinski definition) is 1. The number of benzene rings is 1. The number of epoxide rings is 1. The Balaban J connectivity index is 1.77. The van der Waals surface area contributed by atoms with Crippen molar-refractivity contribution in [2.75, 3.05) is 19.8 Å². The van der Waals surface area contributed by atoms with Gasteiger partial charge in [-0.25, -0.2) is 0 Å². The average molecular weight is 482 g/mol. The van der Waals surface area contributed by atoms with Gasteiger partial charge in [-0.15, -0.1) is 0 Å². The molecule has 0 radical (unpaired) electrons. The third-order valence-electron chi connectivity index (χ3n) is 7.06. The molecule has 1 fully saturated rings. The number of rotatable bonds is 7. The Bertz CT molecular complexity index is 1160. The number of amides is 2. The molecule has 1 saturated heterocycles. The van der Waals surface area contributed by atoms with E-state index < -0.39 is 16.9 Å². The zero-order valence-corrected chi connectivity index (χ0v) is 21.7. The number of carbonyl (C=O) groups is 2. The van der Waals surface area contributed by atoms with Gasteiger partial charge in [-0.05, 0) is 41.0 Å². The van der Waals surface area contributed by atoms with E-state index in [-0.39, 0.29) is 23.3 Å². The minimum Gasteiger partial charge on any atom is -0.490 e. The molecular weight excluding hydrogens is 446 g/mol. The second-order valence-electron chi connectivity index (χ2n) is 11.9. The lowest BCUT2D eigenvalue weighted by atomic mass is 9.55. The predicted octanol–water partition coefficient (Wildman–Crippen LogP) is 4.79. The summed E-state index contributed by atoms with van der Waals surface area (Å²) < 4.78 is 24.4. The van der Waals surface area contributed by atoms with Gasteiger partial charge in [0.25, 0.3) is 11.8 Å². The molecule has 0 spiro atoms. The maximum atomic E-state index is 13.2. The summed E-state index contributed by atoms with van der Waals surface area (Å²) in [6.07, 6.45) is 2.79. The first-order valence-electron chi connectivity index (χ1n) is 12.5. The molecule has 1 aliphatic carbocycles. The van der Waals surface area contributed by atoms with Gasteiger partial charge in [0.05, 0.1) is 19.8 Å². The number of nitrogens with one attached hydrogen (secondary N) is 1. The van der Waals surface area contributed by atoms with E-state index in [2.05, 4.69) is 53.8 Å². The summed E-state index contributed by atoms with van der Waals surface area (Å²) in [7, 11) is 0. The summed E-state index contributed by atoms with van der Waals surface area (Å²) in [5.41, 5.74) is 0.868. The van der Waals surface area contributed by atoms with E-state index >= 15 is 0 Å². The summed E-state index contributed by atoms with van der Waals surface area (Å²) in [6, 6.07) is 3.93. The molecule has 188 valence electrons. The second kappa shape index (κ2) is 7.93. The Hall–Kier alpha value is -2.64. The average Bonchev–Trinajstić information content (AvgIpc) is 3.67. The van der Waals surface area contributed by atoms with Crippen LogP contribution in [0.4, 0.5) is 0 Å². The van der Waals surface area contributed by atoms with E-state index in [1.165, 1.54) is 0 Å². The van der Waals surface area contributed by atoms with Crippen LogP contribution in [0.1, 0.15) is 60.5 Å². The topological polar surface area (TPSA) is 89.7 Å². The second-order valence-corrected chi connectivity index (χ2v) is 11.9. The maximum Gasteiger partial charge on any atom is 0.258 e. The van der Waals surface area contributed by atoms with Crippen LogP contribution in [0.3, 0.4) is 0 Å². The Morgan fingerprint density at radius 2 is 1.80 bits per heavy atom. The van der Waals surface area contributed by atoms with Crippen molar-refractivity contribution in [3.63, 3.8) is 0 Å². The number of ether oxygens (including phenoxy) is 4. The maximum absolute atomic E-state index is 13.2. The van der Waals surface area contributed by atoms with E-state index in [9.17, 15) is 9.59 Å². The smallest absolute Gasteiger partial charge is 0.258 e. The fourth-order valence-electron chi connectivity index (χ4n) is 5.61. The van der Waals surface area contributed by atoms with Crippen LogP contribution in [0, 0.1) is 16.7 Å². The summed E-state index contributed by atoms with van der Waals surface area (Å²) in [5, 5.41) is 2.53. The van der Waals surface area contributed by atoms with Gasteiger partial charge in [-0.1, -0.05) is 48.5 Å². The van der Waals surface area contributed by atoms with Crippen LogP contribution < -0.4 is 14.8 Å². The zero-order chi connectivity index (χ0) is 25.3. The predicted molar refractivity (Wildman–Crippen MR) is 130 cm³/mol. The molecule has 3 atom stereocenters. The number of carbonyl (C=O) groups excluding carboxylic acids is 2. The van der Waals surface area contributed by atoms with E-state index in [1.54, 1.807) is 0 Å². The summed E-state index contributed by atoms with van der Waals surface area (Å²) >= 11 is 0. The van der Waals surface area contributed by atoms with E-state index in [4.69, 9.17) is 18.9 Å². The van der Waals surface area contributed by atoms with Crippen molar-refractivity contribution >= 4 is 11.8 Å². The molecule has 0 saturated carbocycles. The molecule has 7 nitrogen and oxygen atoms in total. The third-order valence-corrected chi connectivity index (χ3v) is 7.06. The molecule has 1 N–H and O–H groups in total. The van der Waals surface area contributed by atoms with Crippen LogP contribution in [0.5, 0.6) is 17.2 Å². The molecule has 7 heteroatoms. The van der Waals surface area contributed by atoms with Gasteiger partial charge >= 0.3 is 0 Å². The van der Waals surface area contributed by atoms with Crippen molar-refractivity contribution in [1.29, 1.82) is 0 Å². The highest BCUT2D eigenvalue weighted by Gasteiger charge is 2.61. The lowest BCUT2D eigenvalue weighted by Crippen LogP contribution is -2.52. The Labute approximate surface area is 206 Å². The van der Waals surface area contributed by atoms with Crippen molar-refractivity contribution in [2.45, 2.75) is 66.6 Å². The van der Waals surface area contributed by atoms with Crippen molar-refractivity contribution in [3.05, 3.63) is 40.5 Å². The summed E-state index contributed by atoms with van der Waals surface area (Å²) in [6.45, 7) is 16.3. The SMILES string of the molecule is CCCOc1ccc(C2(OCC3CO3)C(C(C)(C)C)=CC3=C(C(=O)NC3=O)C2C(C)(C)C)c2c1O2. The molecule has 1 aromatic carbocycles. The van der Waals surface area contributed by atoms with Gasteiger partial charge in [0.2, 0.25) is 5.75 Å². The van der Waals surface area contributed by atoms with Crippen LogP contribution in [0.2, 0.25) is 0 Å². The zero-order valence-electron chi connectivity index (χ0n) is 21.7. The highest BCUT2D eigenvalue weighted by molar-refractivity contribution is 6.21. The molecule has 0 bridgehead atoms. The fourth-order valence-corrected chi connectivity index (χ4v) is 5.61. The third kappa shape index (κ3) is 3.89. The number of hydrogen-bond acceptors (Lipinski definition) is 6. The molecule has 35 heavy (non-hydrogen) atoms. The van der Waals surface area contributed by atoms with Crippen molar-refractivity contribution in [2.24, 2.45) is 16.7 Å². The van der Waals surface area contributed by atoms with Crippen LogP contribution in [0.15, 0.2) is 34.9 Å². The summed E-state index contributed by atoms with van der Waals surface area (Å²) in [4.78, 5) is 26.1. The van der Waals surface area contributed by atoms with Gasteiger partial charge in [-0.3, -0.25) is 14.9 Å². The van der Waals surface area contributed by atoms with E-state index in [0.29, 0.717) is 42.5 Å². The fraction of sp³-hybridized carbons (Fsp3) is 0.571. The monoisotopic (exact) mass is 481 g/mol. The number of fused-ring (bicyclic) bond motifs is 1. The Kier molecular flexibility index (Phi) is 5.46. The minimum atomic E-state index is -1.03. The van der Waals surface area contributed by atoms with E-state index in [1.807, 2.05) is 18.2 Å². The normalized spacial score (nSPS) is 27.1. The minimum absolute atomic E-state index is 0.0138. The van der Waals surface area contributed by atoms with E-state index in [0.717, 1.165) is 23.3 Å². The first-order chi connectivity index (χ1) is 16.4. The largest absolute Gasteiger partial charge is 0.490 e. The van der Waals surface area contributed by atoms with Crippen LogP contribution >= 0.6 is 0 Å². The molecule has 4 aliphatic rings. The molecule has 3 unspecified atom stereocenters. The number of imide groups is 1. The summed E-state index contributed by atoms with van der Waals surface area (Å²) in [5.74, 6) is 1.02. The first-order valence-corrected chi connectivity index (χ1v) is 12.5. The lowest BCUT2D eigenvalue weighted by molar-refractivity contribution is -0.127. The van der Waals surface area contributed by atoms with Crippen molar-refractivity contribution < 1.29 is 28.5 Å². The molecule has 5 rings (SSSR count). The van der Waals surface area contributed by atoms with Gasteiger partial charge < -0.3 is 18.9 Å². The van der Waals surface area contributed by atoms with Crippen LogP contribution in [-0.2, 0) is 24.7 Å². The standard InChI is InChI=1S/C28H35NO6/c1-8-11-32-18-10-9-17(21-22(18)35-21)28(34-14-15-13-33-15)19(26(2,3)4)12-16-20(23(28)27(5,6)7)25(31)29-24(16)30/h9-10,12,15,23H,8,11,13-14H2,1-7H3,(H,29,30,31). The molecular formula is C28H35NO6. The highest BCUT2D eigenvalue weighted by Crippen LogP contribution is 2.66. The highest BCUT2D eigenvalue weighted by atomic mass is 16.6. The quantitative estimate of drug-likeness (QED) is 0.452. The van der Waals surface area contributed by atoms with Crippen molar-refractivity contribution in [3.8, 4) is 17.2 Å². The Morgan fingerprint density at radius 3 is 2.40 bits per heavy atom. The molecule has 1 aromatic rings. The van der Waals surface area contributed by atoms with Gasteiger partial charge in [0, 0.05) is 22.6 Å². The molecule has 0 aromatic heterocycles. The van der Waals surface area contributed by atoms with Crippen LogP contribution in [0.25, 0.3) is 0 Å². The Morgan fingerprint density at radius 1 is 1.09 bits per heavy atom. The molecule has 3 heterocycles. The first kappa shape index (κ1) is 24.1.